The molecule has 0 bridgehead atoms. The summed E-state index contributed by atoms with van der Waals surface area (Å²) in [6.07, 6.45) is 0. The summed E-state index contributed by atoms with van der Waals surface area (Å²) in [6, 6.07) is 6.99. The molecule has 0 saturated carbocycles. The highest BCUT2D eigenvalue weighted by atomic mass is 16.5. The maximum Gasteiger partial charge on any atom is 0.226 e. The molecule has 1 aromatic carbocycles. The first kappa shape index (κ1) is 13.0. The van der Waals surface area contributed by atoms with Crippen molar-refractivity contribution < 1.29 is 9.53 Å². The van der Waals surface area contributed by atoms with Crippen LogP contribution in [0.25, 0.3) is 0 Å². The van der Waals surface area contributed by atoms with Crippen LogP contribution in [-0.2, 0) is 4.79 Å². The molecular formula is C12H17N3O2. The predicted octanol–water partition coefficient (Wildman–Crippen LogP) is 1.60. The van der Waals surface area contributed by atoms with E-state index >= 15 is 0 Å². The highest BCUT2D eigenvalue weighted by Gasteiger charge is 2.07. The van der Waals surface area contributed by atoms with Crippen molar-refractivity contribution in [2.75, 3.05) is 11.9 Å². The second kappa shape index (κ2) is 5.89. The van der Waals surface area contributed by atoms with Gasteiger partial charge in [-0.05, 0) is 12.1 Å². The minimum atomic E-state index is -0.0724. The second-order valence-corrected chi connectivity index (χ2v) is 3.99. The highest BCUT2D eigenvalue weighted by molar-refractivity contribution is 5.92. The van der Waals surface area contributed by atoms with Crippen molar-refractivity contribution in [1.82, 2.24) is 0 Å². The Balaban J connectivity index is 2.65. The summed E-state index contributed by atoms with van der Waals surface area (Å²) in [7, 11) is 0. The second-order valence-electron chi connectivity index (χ2n) is 3.99. The lowest BCUT2D eigenvalue weighted by molar-refractivity contribution is -0.118. The van der Waals surface area contributed by atoms with E-state index in [0.717, 1.165) is 0 Å². The van der Waals surface area contributed by atoms with E-state index in [4.69, 9.17) is 15.9 Å². The molecule has 0 unspecified atom stereocenters. The van der Waals surface area contributed by atoms with Crippen molar-refractivity contribution in [1.29, 1.82) is 5.41 Å². The summed E-state index contributed by atoms with van der Waals surface area (Å²) in [6.45, 7) is 3.69. The fourth-order valence-electron chi connectivity index (χ4n) is 1.11. The van der Waals surface area contributed by atoms with Crippen LogP contribution in [-0.4, -0.2) is 18.3 Å². The number of nitrogens with two attached hydrogens (primary N) is 1. The number of amides is 1. The van der Waals surface area contributed by atoms with Crippen molar-refractivity contribution in [3.8, 4) is 5.75 Å². The molecule has 0 atom stereocenters. The molecule has 1 aromatic rings. The Morgan fingerprint density at radius 3 is 2.82 bits per heavy atom. The fraction of sp³-hybridized carbons (Fsp3) is 0.333. The summed E-state index contributed by atoms with van der Waals surface area (Å²) in [5.41, 5.74) is 5.86. The Morgan fingerprint density at radius 2 is 2.24 bits per heavy atom. The Bertz CT molecular complexity index is 416. The van der Waals surface area contributed by atoms with Gasteiger partial charge in [0.1, 0.15) is 18.2 Å². The van der Waals surface area contributed by atoms with Crippen LogP contribution >= 0.6 is 0 Å². The lowest BCUT2D eigenvalue weighted by Crippen LogP contribution is -2.19. The SMILES string of the molecule is CC(C)C(=O)Nc1cccc(OCC(=N)N)c1. The summed E-state index contributed by atoms with van der Waals surface area (Å²) in [4.78, 5) is 11.5. The van der Waals surface area contributed by atoms with Crippen LogP contribution in [0.3, 0.4) is 0 Å². The first-order chi connectivity index (χ1) is 7.99. The van der Waals surface area contributed by atoms with Crippen molar-refractivity contribution in [3.05, 3.63) is 24.3 Å². The maximum absolute atomic E-state index is 11.5. The summed E-state index contributed by atoms with van der Waals surface area (Å²) in [5, 5.41) is 9.82. The zero-order chi connectivity index (χ0) is 12.8. The van der Waals surface area contributed by atoms with Gasteiger partial charge in [0.15, 0.2) is 0 Å². The van der Waals surface area contributed by atoms with Gasteiger partial charge in [0, 0.05) is 17.7 Å². The highest BCUT2D eigenvalue weighted by Crippen LogP contribution is 2.17. The van der Waals surface area contributed by atoms with Gasteiger partial charge < -0.3 is 15.8 Å². The standard InChI is InChI=1S/C12H17N3O2/c1-8(2)12(16)15-9-4-3-5-10(6-9)17-7-11(13)14/h3-6,8H,7H2,1-2H3,(H3,13,14)(H,15,16). The number of hydrogen-bond donors (Lipinski definition) is 3. The molecule has 1 amide bonds. The van der Waals surface area contributed by atoms with Crippen LogP contribution in [0.4, 0.5) is 5.69 Å². The number of carbonyl (C=O) groups excluding carboxylic acids is 1. The number of nitrogens with one attached hydrogen (secondary N) is 2. The van der Waals surface area contributed by atoms with Crippen molar-refractivity contribution in [2.45, 2.75) is 13.8 Å². The monoisotopic (exact) mass is 235 g/mol. The van der Waals surface area contributed by atoms with Crippen LogP contribution in [0.5, 0.6) is 5.75 Å². The number of anilines is 1. The van der Waals surface area contributed by atoms with E-state index < -0.39 is 0 Å². The van der Waals surface area contributed by atoms with Gasteiger partial charge in [-0.25, -0.2) is 0 Å². The summed E-state index contributed by atoms with van der Waals surface area (Å²) < 4.78 is 5.25. The maximum atomic E-state index is 11.5. The number of rotatable bonds is 5. The molecule has 0 aliphatic heterocycles. The van der Waals surface area contributed by atoms with Gasteiger partial charge in [0.25, 0.3) is 0 Å². The Hall–Kier alpha value is -2.04. The third-order valence-corrected chi connectivity index (χ3v) is 2.02. The van der Waals surface area contributed by atoms with Gasteiger partial charge in [-0.3, -0.25) is 10.2 Å². The van der Waals surface area contributed by atoms with Crippen molar-refractivity contribution >= 4 is 17.4 Å². The fourth-order valence-corrected chi connectivity index (χ4v) is 1.11. The molecule has 4 N–H and O–H groups in total. The molecule has 0 radical (unpaired) electrons. The van der Waals surface area contributed by atoms with Gasteiger partial charge >= 0.3 is 0 Å². The third kappa shape index (κ3) is 4.55. The topological polar surface area (TPSA) is 88.2 Å². The van der Waals surface area contributed by atoms with Gasteiger partial charge in [0.2, 0.25) is 5.91 Å². The molecule has 1 rings (SSSR count). The smallest absolute Gasteiger partial charge is 0.226 e. The van der Waals surface area contributed by atoms with E-state index in [9.17, 15) is 4.79 Å². The van der Waals surface area contributed by atoms with Gasteiger partial charge in [-0.15, -0.1) is 0 Å². The number of benzene rings is 1. The first-order valence-corrected chi connectivity index (χ1v) is 5.35. The average molecular weight is 235 g/mol. The Morgan fingerprint density at radius 1 is 1.53 bits per heavy atom. The molecule has 5 heteroatoms. The molecular weight excluding hydrogens is 218 g/mol. The van der Waals surface area contributed by atoms with Gasteiger partial charge in [-0.1, -0.05) is 19.9 Å². The van der Waals surface area contributed by atoms with E-state index in [1.54, 1.807) is 24.3 Å². The van der Waals surface area contributed by atoms with E-state index in [-0.39, 0.29) is 24.3 Å². The number of carbonyl (C=O) groups is 1. The molecule has 0 aromatic heterocycles. The lowest BCUT2D eigenvalue weighted by Gasteiger charge is -2.10. The Kier molecular flexibility index (Phi) is 4.51. The van der Waals surface area contributed by atoms with E-state index in [1.165, 1.54) is 0 Å². The van der Waals surface area contributed by atoms with Crippen LogP contribution in [0.2, 0.25) is 0 Å². The number of hydrogen-bond acceptors (Lipinski definition) is 3. The third-order valence-electron chi connectivity index (χ3n) is 2.02. The molecule has 17 heavy (non-hydrogen) atoms. The molecule has 0 aliphatic carbocycles. The predicted molar refractivity (Wildman–Crippen MR) is 67.3 cm³/mol. The summed E-state index contributed by atoms with van der Waals surface area (Å²) >= 11 is 0. The van der Waals surface area contributed by atoms with Crippen LogP contribution in [0.1, 0.15) is 13.8 Å². The van der Waals surface area contributed by atoms with Crippen molar-refractivity contribution in [3.63, 3.8) is 0 Å². The van der Waals surface area contributed by atoms with E-state index in [2.05, 4.69) is 5.32 Å². The average Bonchev–Trinajstić information content (AvgIpc) is 2.26. The van der Waals surface area contributed by atoms with Gasteiger partial charge in [0.05, 0.1) is 0 Å². The first-order valence-electron chi connectivity index (χ1n) is 5.35. The van der Waals surface area contributed by atoms with Crippen LogP contribution < -0.4 is 15.8 Å². The molecule has 0 spiro atoms. The minimum absolute atomic E-state index is 0.0402. The molecule has 0 fully saturated rings. The number of amidine groups is 1. The molecule has 0 heterocycles. The zero-order valence-corrected chi connectivity index (χ0v) is 9.99. The lowest BCUT2D eigenvalue weighted by atomic mass is 10.2. The molecule has 0 saturated heterocycles. The largest absolute Gasteiger partial charge is 0.486 e. The summed E-state index contributed by atoms with van der Waals surface area (Å²) in [5.74, 6) is 0.411. The van der Waals surface area contributed by atoms with E-state index in [1.807, 2.05) is 13.8 Å². The minimum Gasteiger partial charge on any atom is -0.486 e. The number of ether oxygens (including phenoxy) is 1. The quantitative estimate of drug-likeness (QED) is 0.535. The van der Waals surface area contributed by atoms with E-state index in [0.29, 0.717) is 11.4 Å². The normalized spacial score (nSPS) is 10.1. The van der Waals surface area contributed by atoms with Crippen molar-refractivity contribution in [2.24, 2.45) is 11.7 Å². The van der Waals surface area contributed by atoms with Crippen LogP contribution in [0.15, 0.2) is 24.3 Å². The Labute approximate surface area is 100 Å². The zero-order valence-electron chi connectivity index (χ0n) is 9.99. The molecule has 5 nitrogen and oxygen atoms in total. The molecule has 0 aliphatic rings. The van der Waals surface area contributed by atoms with Crippen LogP contribution in [0, 0.1) is 11.3 Å². The van der Waals surface area contributed by atoms with Gasteiger partial charge in [-0.2, -0.15) is 0 Å². The molecule has 92 valence electrons.